The van der Waals surface area contributed by atoms with Crippen molar-refractivity contribution in [1.29, 1.82) is 5.26 Å². The van der Waals surface area contributed by atoms with Crippen LogP contribution in [0, 0.1) is 28.6 Å². The normalized spacial score (nSPS) is 28.7. The van der Waals surface area contributed by atoms with Crippen molar-refractivity contribution in [3.8, 4) is 6.07 Å². The molecular weight excluding hydrogens is 258 g/mol. The largest absolute Gasteiger partial charge is 0.308 e. The van der Waals surface area contributed by atoms with E-state index < -0.39 is 0 Å². The third kappa shape index (κ3) is 4.97. The van der Waals surface area contributed by atoms with Crippen molar-refractivity contribution < 1.29 is 0 Å². The Morgan fingerprint density at radius 2 is 1.86 bits per heavy atom. The van der Waals surface area contributed by atoms with Gasteiger partial charge >= 0.3 is 0 Å². The summed E-state index contributed by atoms with van der Waals surface area (Å²) in [7, 11) is 4.26. The highest BCUT2D eigenvalue weighted by Crippen LogP contribution is 2.41. The van der Waals surface area contributed by atoms with Gasteiger partial charge in [0.2, 0.25) is 0 Å². The Hall–Kier alpha value is -0.590. The fourth-order valence-corrected chi connectivity index (χ4v) is 3.96. The van der Waals surface area contributed by atoms with Crippen LogP contribution >= 0.6 is 0 Å². The van der Waals surface area contributed by atoms with Crippen LogP contribution in [0.3, 0.4) is 0 Å². The Labute approximate surface area is 132 Å². The highest BCUT2D eigenvalue weighted by molar-refractivity contribution is 5.00. The van der Waals surface area contributed by atoms with E-state index >= 15 is 0 Å². The summed E-state index contributed by atoms with van der Waals surface area (Å²) in [6.45, 7) is 13.7. The first-order valence-electron chi connectivity index (χ1n) is 8.50. The molecule has 1 fully saturated rings. The standard InChI is InChI=1S/C18H35N3/c1-8-21(14(2)13-20(6)7)17-11-16(18(3,4)5)10-9-15(17)12-19/h14-17H,8-11,13H2,1-7H3. The summed E-state index contributed by atoms with van der Waals surface area (Å²) < 4.78 is 0. The van der Waals surface area contributed by atoms with Gasteiger partial charge in [0.25, 0.3) is 0 Å². The molecule has 0 aromatic carbocycles. The average Bonchev–Trinajstić information content (AvgIpc) is 2.37. The lowest BCUT2D eigenvalue weighted by Crippen LogP contribution is -2.52. The maximum absolute atomic E-state index is 9.57. The van der Waals surface area contributed by atoms with Gasteiger partial charge in [-0.15, -0.1) is 0 Å². The quantitative estimate of drug-likeness (QED) is 0.775. The summed E-state index contributed by atoms with van der Waals surface area (Å²) in [5, 5.41) is 9.57. The highest BCUT2D eigenvalue weighted by Gasteiger charge is 2.39. The molecule has 3 nitrogen and oxygen atoms in total. The number of likely N-dealkylation sites (N-methyl/N-ethyl adjacent to an activating group) is 2. The zero-order valence-electron chi connectivity index (χ0n) is 15.2. The van der Waals surface area contributed by atoms with Crippen LogP contribution < -0.4 is 0 Å². The molecule has 0 heterocycles. The SMILES string of the molecule is CCN(C(C)CN(C)C)C1CC(C(C)(C)C)CCC1C#N. The molecule has 1 aliphatic carbocycles. The minimum absolute atomic E-state index is 0.202. The molecule has 1 aliphatic rings. The highest BCUT2D eigenvalue weighted by atomic mass is 15.2. The molecule has 4 unspecified atom stereocenters. The van der Waals surface area contributed by atoms with Gasteiger partial charge in [0, 0.05) is 18.6 Å². The van der Waals surface area contributed by atoms with E-state index in [0.29, 0.717) is 17.5 Å². The lowest BCUT2D eigenvalue weighted by atomic mass is 9.67. The van der Waals surface area contributed by atoms with Crippen LogP contribution in [-0.2, 0) is 0 Å². The minimum Gasteiger partial charge on any atom is -0.308 e. The molecule has 0 amide bonds. The fraction of sp³-hybridized carbons (Fsp3) is 0.944. The number of nitrogens with zero attached hydrogens (tertiary/aromatic N) is 3. The molecule has 4 atom stereocenters. The van der Waals surface area contributed by atoms with E-state index in [1.807, 2.05) is 0 Å². The van der Waals surface area contributed by atoms with E-state index in [2.05, 4.69) is 64.6 Å². The van der Waals surface area contributed by atoms with Crippen LogP contribution in [0.4, 0.5) is 0 Å². The van der Waals surface area contributed by atoms with Crippen molar-refractivity contribution in [3.63, 3.8) is 0 Å². The Balaban J connectivity index is 2.88. The predicted octanol–water partition coefficient (Wildman–Crippen LogP) is 3.61. The molecule has 0 bridgehead atoms. The van der Waals surface area contributed by atoms with Crippen LogP contribution in [0.25, 0.3) is 0 Å². The Bertz CT molecular complexity index is 350. The van der Waals surface area contributed by atoms with Crippen LogP contribution in [0.15, 0.2) is 0 Å². The predicted molar refractivity (Wildman–Crippen MR) is 90.1 cm³/mol. The molecule has 122 valence electrons. The van der Waals surface area contributed by atoms with Gasteiger partial charge in [0.1, 0.15) is 0 Å². The van der Waals surface area contributed by atoms with Crippen molar-refractivity contribution in [2.45, 2.75) is 66.0 Å². The van der Waals surface area contributed by atoms with Crippen LogP contribution in [0.5, 0.6) is 0 Å². The Kier molecular flexibility index (Phi) is 6.69. The zero-order chi connectivity index (χ0) is 16.2. The van der Waals surface area contributed by atoms with Crippen molar-refractivity contribution in [2.75, 3.05) is 27.2 Å². The van der Waals surface area contributed by atoms with Crippen molar-refractivity contribution >= 4 is 0 Å². The maximum Gasteiger partial charge on any atom is 0.0672 e. The molecule has 0 N–H and O–H groups in total. The van der Waals surface area contributed by atoms with E-state index in [1.54, 1.807) is 0 Å². The van der Waals surface area contributed by atoms with Crippen molar-refractivity contribution in [1.82, 2.24) is 9.80 Å². The minimum atomic E-state index is 0.202. The second-order valence-electron chi connectivity index (χ2n) is 8.12. The topological polar surface area (TPSA) is 30.3 Å². The molecule has 1 rings (SSSR count). The molecule has 0 aromatic heterocycles. The zero-order valence-corrected chi connectivity index (χ0v) is 15.2. The van der Waals surface area contributed by atoms with Gasteiger partial charge in [0.15, 0.2) is 0 Å². The molecular formula is C18H35N3. The second kappa shape index (κ2) is 7.61. The van der Waals surface area contributed by atoms with Crippen LogP contribution in [0.2, 0.25) is 0 Å². The maximum atomic E-state index is 9.57. The molecule has 21 heavy (non-hydrogen) atoms. The van der Waals surface area contributed by atoms with Crippen molar-refractivity contribution in [2.24, 2.45) is 17.3 Å². The molecule has 0 aliphatic heterocycles. The molecule has 3 heteroatoms. The summed E-state index contributed by atoms with van der Waals surface area (Å²) >= 11 is 0. The molecule has 0 aromatic rings. The summed E-state index contributed by atoms with van der Waals surface area (Å²) in [6, 6.07) is 3.52. The summed E-state index contributed by atoms with van der Waals surface area (Å²) in [6.07, 6.45) is 3.44. The van der Waals surface area contributed by atoms with E-state index in [0.717, 1.165) is 25.4 Å². The number of rotatable bonds is 5. The fourth-order valence-electron chi connectivity index (χ4n) is 3.96. The van der Waals surface area contributed by atoms with Gasteiger partial charge in [-0.1, -0.05) is 27.7 Å². The summed E-state index contributed by atoms with van der Waals surface area (Å²) in [5.74, 6) is 0.931. The molecule has 1 saturated carbocycles. The monoisotopic (exact) mass is 293 g/mol. The Morgan fingerprint density at radius 3 is 2.29 bits per heavy atom. The van der Waals surface area contributed by atoms with Gasteiger partial charge in [-0.3, -0.25) is 4.90 Å². The van der Waals surface area contributed by atoms with Gasteiger partial charge in [-0.25, -0.2) is 0 Å². The molecule has 0 saturated heterocycles. The first-order chi connectivity index (χ1) is 9.70. The summed E-state index contributed by atoms with van der Waals surface area (Å²) in [4.78, 5) is 4.82. The van der Waals surface area contributed by atoms with Gasteiger partial charge in [-0.2, -0.15) is 5.26 Å². The van der Waals surface area contributed by atoms with Gasteiger partial charge in [0.05, 0.1) is 12.0 Å². The Morgan fingerprint density at radius 1 is 1.24 bits per heavy atom. The first-order valence-corrected chi connectivity index (χ1v) is 8.50. The lowest BCUT2D eigenvalue weighted by molar-refractivity contribution is 0.0348. The average molecular weight is 293 g/mol. The third-order valence-electron chi connectivity index (χ3n) is 5.19. The lowest BCUT2D eigenvalue weighted by Gasteiger charge is -2.46. The number of hydrogen-bond acceptors (Lipinski definition) is 3. The number of hydrogen-bond donors (Lipinski definition) is 0. The van der Waals surface area contributed by atoms with E-state index in [9.17, 15) is 5.26 Å². The van der Waals surface area contributed by atoms with Crippen LogP contribution in [0.1, 0.15) is 53.9 Å². The van der Waals surface area contributed by atoms with Crippen LogP contribution in [-0.4, -0.2) is 49.1 Å². The van der Waals surface area contributed by atoms with Crippen molar-refractivity contribution in [3.05, 3.63) is 0 Å². The van der Waals surface area contributed by atoms with E-state index in [4.69, 9.17) is 0 Å². The van der Waals surface area contributed by atoms with Gasteiger partial charge in [-0.05, 0) is 58.2 Å². The molecule has 0 radical (unpaired) electrons. The molecule has 0 spiro atoms. The number of nitriles is 1. The summed E-state index contributed by atoms with van der Waals surface area (Å²) in [5.41, 5.74) is 0.350. The first kappa shape index (κ1) is 18.5. The second-order valence-corrected chi connectivity index (χ2v) is 8.12. The van der Waals surface area contributed by atoms with E-state index in [1.165, 1.54) is 12.8 Å². The third-order valence-corrected chi connectivity index (χ3v) is 5.19. The van der Waals surface area contributed by atoms with Gasteiger partial charge < -0.3 is 4.90 Å². The van der Waals surface area contributed by atoms with E-state index in [-0.39, 0.29) is 5.92 Å². The smallest absolute Gasteiger partial charge is 0.0672 e.